The Kier molecular flexibility index (Phi) is 7.07. The van der Waals surface area contributed by atoms with Crippen molar-refractivity contribution < 1.29 is 23.8 Å². The van der Waals surface area contributed by atoms with E-state index in [0.29, 0.717) is 50.8 Å². The lowest BCUT2D eigenvalue weighted by molar-refractivity contribution is 0.0984. The first-order valence-corrected chi connectivity index (χ1v) is 10.9. The van der Waals surface area contributed by atoms with Crippen molar-refractivity contribution in [2.24, 2.45) is 7.05 Å². The van der Waals surface area contributed by atoms with Crippen LogP contribution in [-0.2, 0) is 7.05 Å². The van der Waals surface area contributed by atoms with E-state index in [9.17, 15) is 14.0 Å². The number of anilines is 1. The molecule has 1 saturated heterocycles. The highest BCUT2D eigenvalue weighted by atomic mass is 19.1. The van der Waals surface area contributed by atoms with E-state index in [-0.39, 0.29) is 5.56 Å². The average molecular weight is 468 g/mol. The van der Waals surface area contributed by atoms with E-state index in [4.69, 9.17) is 9.84 Å². The SMILES string of the molecule is Cn1nccc1-c1cc(NC(=O)c2cccc(F)c2)ccc1OCCN1CCN(C(=O)O)CC1. The molecular weight excluding hydrogens is 441 g/mol. The number of halogens is 1. The molecule has 1 aliphatic rings. The minimum atomic E-state index is -0.888. The summed E-state index contributed by atoms with van der Waals surface area (Å²) in [4.78, 5) is 27.2. The summed E-state index contributed by atoms with van der Waals surface area (Å²) in [6.45, 7) is 3.37. The van der Waals surface area contributed by atoms with E-state index < -0.39 is 17.8 Å². The van der Waals surface area contributed by atoms with Gasteiger partial charge >= 0.3 is 6.09 Å². The zero-order valence-corrected chi connectivity index (χ0v) is 18.8. The summed E-state index contributed by atoms with van der Waals surface area (Å²) in [5.74, 6) is -0.252. The second-order valence-electron chi connectivity index (χ2n) is 7.98. The predicted molar refractivity (Wildman–Crippen MR) is 125 cm³/mol. The van der Waals surface area contributed by atoms with Gasteiger partial charge in [-0.1, -0.05) is 6.07 Å². The molecule has 0 atom stereocenters. The van der Waals surface area contributed by atoms with Crippen molar-refractivity contribution in [2.75, 3.05) is 44.6 Å². The monoisotopic (exact) mass is 467 g/mol. The number of nitrogens with one attached hydrogen (secondary N) is 1. The molecule has 0 radical (unpaired) electrons. The molecule has 0 aliphatic carbocycles. The highest BCUT2D eigenvalue weighted by Gasteiger charge is 2.20. The van der Waals surface area contributed by atoms with Gasteiger partial charge in [-0.2, -0.15) is 5.10 Å². The van der Waals surface area contributed by atoms with E-state index >= 15 is 0 Å². The zero-order chi connectivity index (χ0) is 24.1. The van der Waals surface area contributed by atoms with Gasteiger partial charge < -0.3 is 20.1 Å². The first-order valence-electron chi connectivity index (χ1n) is 10.9. The van der Waals surface area contributed by atoms with Crippen molar-refractivity contribution >= 4 is 17.7 Å². The number of aromatic nitrogens is 2. The number of benzene rings is 2. The van der Waals surface area contributed by atoms with Crippen LogP contribution in [0.2, 0.25) is 0 Å². The lowest BCUT2D eigenvalue weighted by Crippen LogP contribution is -2.49. The van der Waals surface area contributed by atoms with Crippen molar-refractivity contribution in [3.63, 3.8) is 0 Å². The fourth-order valence-corrected chi connectivity index (χ4v) is 3.85. The quantitative estimate of drug-likeness (QED) is 0.554. The summed E-state index contributed by atoms with van der Waals surface area (Å²) < 4.78 is 21.3. The molecule has 2 N–H and O–H groups in total. The predicted octanol–water partition coefficient (Wildman–Crippen LogP) is 3.15. The molecular formula is C24H26FN5O4. The highest BCUT2D eigenvalue weighted by molar-refractivity contribution is 6.04. The van der Waals surface area contributed by atoms with E-state index in [2.05, 4.69) is 15.3 Å². The molecule has 178 valence electrons. The van der Waals surface area contributed by atoms with Gasteiger partial charge in [0, 0.05) is 62.8 Å². The van der Waals surface area contributed by atoms with Gasteiger partial charge in [0.1, 0.15) is 18.2 Å². The zero-order valence-electron chi connectivity index (χ0n) is 18.8. The van der Waals surface area contributed by atoms with Crippen LogP contribution in [0.15, 0.2) is 54.7 Å². The summed E-state index contributed by atoms with van der Waals surface area (Å²) in [7, 11) is 1.82. The largest absolute Gasteiger partial charge is 0.492 e. The third kappa shape index (κ3) is 5.52. The van der Waals surface area contributed by atoms with Gasteiger partial charge in [-0.05, 0) is 42.5 Å². The van der Waals surface area contributed by atoms with E-state index in [0.717, 1.165) is 11.3 Å². The Bertz CT molecular complexity index is 1170. The number of ether oxygens (including phenoxy) is 1. The molecule has 0 spiro atoms. The van der Waals surface area contributed by atoms with Crippen molar-refractivity contribution in [1.82, 2.24) is 19.6 Å². The number of nitrogens with zero attached hydrogens (tertiary/aromatic N) is 4. The van der Waals surface area contributed by atoms with Crippen LogP contribution in [0.4, 0.5) is 14.9 Å². The Morgan fingerprint density at radius 3 is 2.59 bits per heavy atom. The molecule has 0 saturated carbocycles. The van der Waals surface area contributed by atoms with Gasteiger partial charge in [0.15, 0.2) is 0 Å². The van der Waals surface area contributed by atoms with Crippen LogP contribution in [0, 0.1) is 5.82 Å². The van der Waals surface area contributed by atoms with Crippen LogP contribution in [0.3, 0.4) is 0 Å². The number of aryl methyl sites for hydroxylation is 1. The van der Waals surface area contributed by atoms with Crippen LogP contribution in [0.5, 0.6) is 5.75 Å². The smallest absolute Gasteiger partial charge is 0.407 e. The third-order valence-corrected chi connectivity index (χ3v) is 5.73. The number of amides is 2. The molecule has 10 heteroatoms. The second kappa shape index (κ2) is 10.3. The summed E-state index contributed by atoms with van der Waals surface area (Å²) in [6, 6.07) is 12.7. The van der Waals surface area contributed by atoms with Crippen LogP contribution in [0.1, 0.15) is 10.4 Å². The molecule has 1 fully saturated rings. The minimum Gasteiger partial charge on any atom is -0.492 e. The lowest BCUT2D eigenvalue weighted by Gasteiger charge is -2.32. The maximum absolute atomic E-state index is 13.5. The summed E-state index contributed by atoms with van der Waals surface area (Å²) >= 11 is 0. The van der Waals surface area contributed by atoms with Gasteiger partial charge in [0.2, 0.25) is 0 Å². The second-order valence-corrected chi connectivity index (χ2v) is 7.98. The van der Waals surface area contributed by atoms with Gasteiger partial charge in [0.05, 0.1) is 5.69 Å². The molecule has 1 aromatic heterocycles. The first kappa shape index (κ1) is 23.2. The molecule has 1 aliphatic heterocycles. The Morgan fingerprint density at radius 2 is 1.91 bits per heavy atom. The number of hydrogen-bond donors (Lipinski definition) is 2. The Balaban J connectivity index is 1.45. The van der Waals surface area contributed by atoms with Gasteiger partial charge in [-0.25, -0.2) is 9.18 Å². The topological polar surface area (TPSA) is 99.9 Å². The van der Waals surface area contributed by atoms with Crippen molar-refractivity contribution in [3.8, 4) is 17.0 Å². The first-order chi connectivity index (χ1) is 16.4. The Hall–Kier alpha value is -3.92. The lowest BCUT2D eigenvalue weighted by atomic mass is 10.1. The molecule has 4 rings (SSSR count). The molecule has 3 aromatic rings. The number of carbonyl (C=O) groups excluding carboxylic acids is 1. The summed E-state index contributed by atoms with van der Waals surface area (Å²) in [5.41, 5.74) is 2.34. The fourth-order valence-electron chi connectivity index (χ4n) is 3.85. The normalized spacial score (nSPS) is 14.1. The van der Waals surface area contributed by atoms with Gasteiger partial charge in [-0.3, -0.25) is 14.4 Å². The van der Waals surface area contributed by atoms with Gasteiger partial charge in [-0.15, -0.1) is 0 Å². The van der Waals surface area contributed by atoms with E-state index in [1.54, 1.807) is 35.1 Å². The summed E-state index contributed by atoms with van der Waals surface area (Å²) in [5, 5.41) is 16.1. The van der Waals surface area contributed by atoms with E-state index in [1.165, 1.54) is 23.1 Å². The molecule has 9 nitrogen and oxygen atoms in total. The number of rotatable bonds is 7. The van der Waals surface area contributed by atoms with Crippen molar-refractivity contribution in [3.05, 3.63) is 66.1 Å². The highest BCUT2D eigenvalue weighted by Crippen LogP contribution is 2.32. The van der Waals surface area contributed by atoms with Gasteiger partial charge in [0.25, 0.3) is 5.91 Å². The van der Waals surface area contributed by atoms with Crippen molar-refractivity contribution in [2.45, 2.75) is 0 Å². The summed E-state index contributed by atoms with van der Waals surface area (Å²) in [6.07, 6.45) is 0.792. The standard InChI is InChI=1S/C24H26FN5O4/c1-28-21(7-8-26-28)20-16-19(27-23(31)17-3-2-4-18(25)15-17)5-6-22(20)34-14-13-29-9-11-30(12-10-29)24(32)33/h2-8,15-16H,9-14H2,1H3,(H,27,31)(H,32,33). The molecule has 34 heavy (non-hydrogen) atoms. The molecule has 0 bridgehead atoms. The molecule has 2 aromatic carbocycles. The minimum absolute atomic E-state index is 0.227. The maximum Gasteiger partial charge on any atom is 0.407 e. The number of piperazine rings is 1. The van der Waals surface area contributed by atoms with Crippen LogP contribution in [-0.4, -0.2) is 76.0 Å². The molecule has 0 unspecified atom stereocenters. The molecule has 2 amide bonds. The fraction of sp³-hybridized carbons (Fsp3) is 0.292. The number of carbonyl (C=O) groups is 2. The van der Waals surface area contributed by atoms with Crippen LogP contribution >= 0.6 is 0 Å². The Labute approximate surface area is 196 Å². The Morgan fingerprint density at radius 1 is 1.12 bits per heavy atom. The van der Waals surface area contributed by atoms with Crippen LogP contribution < -0.4 is 10.1 Å². The molecule has 2 heterocycles. The maximum atomic E-state index is 13.5. The van der Waals surface area contributed by atoms with Crippen molar-refractivity contribution in [1.29, 1.82) is 0 Å². The third-order valence-electron chi connectivity index (χ3n) is 5.73. The van der Waals surface area contributed by atoms with Crippen LogP contribution in [0.25, 0.3) is 11.3 Å². The number of hydrogen-bond acceptors (Lipinski definition) is 5. The van der Waals surface area contributed by atoms with E-state index in [1.807, 2.05) is 13.1 Å². The average Bonchev–Trinajstić information content (AvgIpc) is 3.25. The number of carboxylic acid groups (broad SMARTS) is 1.